The molecule has 1 aliphatic carbocycles. The van der Waals surface area contributed by atoms with Crippen LogP contribution in [0.25, 0.3) is 0 Å². The highest BCUT2D eigenvalue weighted by Gasteiger charge is 2.41. The molecule has 1 rings (SSSR count). The number of carbonyl (C=O) groups is 1. The first-order valence-electron chi connectivity index (χ1n) is 6.00. The van der Waals surface area contributed by atoms with E-state index in [9.17, 15) is 4.79 Å². The Labute approximate surface area is 98.1 Å². The third kappa shape index (κ3) is 2.74. The fraction of sp³-hybridized carbons (Fsp3) is 0.917. The number of ether oxygens (including phenoxy) is 1. The minimum absolute atomic E-state index is 0.269. The van der Waals surface area contributed by atoms with Crippen molar-refractivity contribution in [3.8, 4) is 0 Å². The van der Waals surface area contributed by atoms with Gasteiger partial charge >= 0.3 is 5.97 Å². The van der Waals surface area contributed by atoms with E-state index in [2.05, 4.69) is 25.8 Å². The third-order valence-corrected chi connectivity index (χ3v) is 3.74. The van der Waals surface area contributed by atoms with Crippen LogP contribution in [0.2, 0.25) is 0 Å². The molecular weight excluding hydrogens is 204 g/mol. The van der Waals surface area contributed by atoms with Crippen LogP contribution in [0.5, 0.6) is 0 Å². The van der Waals surface area contributed by atoms with Crippen LogP contribution in [0, 0.1) is 0 Å². The second-order valence-corrected chi connectivity index (χ2v) is 5.16. The zero-order valence-electron chi connectivity index (χ0n) is 10.8. The smallest absolute Gasteiger partial charge is 0.325 e. The number of hydrogen-bond donors (Lipinski definition) is 1. The number of nitrogens with zero attached hydrogens (tertiary/aromatic N) is 1. The monoisotopic (exact) mass is 228 g/mol. The molecule has 0 saturated heterocycles. The van der Waals surface area contributed by atoms with Gasteiger partial charge in [0, 0.05) is 12.1 Å². The predicted octanol–water partition coefficient (Wildman–Crippen LogP) is 1.14. The van der Waals surface area contributed by atoms with Crippen LogP contribution in [-0.4, -0.2) is 42.6 Å². The lowest BCUT2D eigenvalue weighted by atomic mass is 9.79. The van der Waals surface area contributed by atoms with Crippen molar-refractivity contribution < 1.29 is 9.53 Å². The van der Waals surface area contributed by atoms with Crippen molar-refractivity contribution in [2.24, 2.45) is 5.73 Å². The molecule has 0 spiro atoms. The van der Waals surface area contributed by atoms with Gasteiger partial charge in [-0.1, -0.05) is 0 Å². The van der Waals surface area contributed by atoms with Gasteiger partial charge < -0.3 is 15.4 Å². The van der Waals surface area contributed by atoms with Crippen LogP contribution in [0.1, 0.15) is 39.5 Å². The van der Waals surface area contributed by atoms with E-state index in [1.165, 1.54) is 7.11 Å². The number of methoxy groups -OCH3 is 1. The molecule has 94 valence electrons. The van der Waals surface area contributed by atoms with Gasteiger partial charge in [-0.2, -0.15) is 0 Å². The van der Waals surface area contributed by atoms with E-state index in [1.807, 2.05) is 0 Å². The third-order valence-electron chi connectivity index (χ3n) is 3.74. The van der Waals surface area contributed by atoms with E-state index in [4.69, 9.17) is 10.5 Å². The molecule has 0 aromatic heterocycles. The van der Waals surface area contributed by atoms with Crippen molar-refractivity contribution in [2.45, 2.75) is 57.2 Å². The molecule has 0 heterocycles. The summed E-state index contributed by atoms with van der Waals surface area (Å²) in [6.07, 6.45) is 3.55. The Hall–Kier alpha value is -0.610. The molecule has 1 fully saturated rings. The van der Waals surface area contributed by atoms with Gasteiger partial charge in [0.25, 0.3) is 0 Å². The summed E-state index contributed by atoms with van der Waals surface area (Å²) in [7, 11) is 3.51. The molecule has 0 radical (unpaired) electrons. The zero-order chi connectivity index (χ0) is 12.3. The maximum absolute atomic E-state index is 11.7. The second-order valence-electron chi connectivity index (χ2n) is 5.16. The van der Waals surface area contributed by atoms with E-state index in [-0.39, 0.29) is 5.97 Å². The van der Waals surface area contributed by atoms with E-state index < -0.39 is 5.54 Å². The van der Waals surface area contributed by atoms with Crippen LogP contribution in [0.4, 0.5) is 0 Å². The molecule has 1 saturated carbocycles. The van der Waals surface area contributed by atoms with Crippen molar-refractivity contribution in [1.29, 1.82) is 0 Å². The SMILES string of the molecule is COC(=O)C1(N)CCCC(N(C)C(C)C)C1. The van der Waals surface area contributed by atoms with Crippen LogP contribution in [0.15, 0.2) is 0 Å². The Morgan fingerprint density at radius 2 is 2.19 bits per heavy atom. The van der Waals surface area contributed by atoms with Gasteiger partial charge in [0.2, 0.25) is 0 Å². The Morgan fingerprint density at radius 3 is 2.69 bits per heavy atom. The molecule has 2 atom stereocenters. The first-order chi connectivity index (χ1) is 7.40. The number of rotatable bonds is 3. The summed E-state index contributed by atoms with van der Waals surface area (Å²) in [5, 5.41) is 0. The highest BCUT2D eigenvalue weighted by Crippen LogP contribution is 2.30. The fourth-order valence-electron chi connectivity index (χ4n) is 2.44. The van der Waals surface area contributed by atoms with Crippen molar-refractivity contribution in [1.82, 2.24) is 4.90 Å². The summed E-state index contributed by atoms with van der Waals surface area (Å²) < 4.78 is 4.80. The van der Waals surface area contributed by atoms with Crippen LogP contribution >= 0.6 is 0 Å². The molecule has 0 aliphatic heterocycles. The zero-order valence-corrected chi connectivity index (χ0v) is 10.8. The average molecular weight is 228 g/mol. The van der Waals surface area contributed by atoms with Crippen molar-refractivity contribution in [3.05, 3.63) is 0 Å². The average Bonchev–Trinajstić information content (AvgIpc) is 2.26. The number of carbonyl (C=O) groups excluding carboxylic acids is 1. The van der Waals surface area contributed by atoms with Crippen LogP contribution < -0.4 is 5.73 Å². The number of nitrogens with two attached hydrogens (primary N) is 1. The summed E-state index contributed by atoms with van der Waals surface area (Å²) in [6.45, 7) is 4.32. The van der Waals surface area contributed by atoms with E-state index >= 15 is 0 Å². The minimum Gasteiger partial charge on any atom is -0.468 e. The Balaban J connectivity index is 2.69. The lowest BCUT2D eigenvalue weighted by molar-refractivity contribution is -0.149. The van der Waals surface area contributed by atoms with Gasteiger partial charge in [0.05, 0.1) is 7.11 Å². The van der Waals surface area contributed by atoms with E-state index in [0.29, 0.717) is 18.5 Å². The maximum atomic E-state index is 11.7. The summed E-state index contributed by atoms with van der Waals surface area (Å²) >= 11 is 0. The molecule has 0 aromatic rings. The lowest BCUT2D eigenvalue weighted by Crippen LogP contribution is -2.56. The lowest BCUT2D eigenvalue weighted by Gasteiger charge is -2.41. The summed E-state index contributed by atoms with van der Waals surface area (Å²) in [5.41, 5.74) is 5.36. The standard InChI is InChI=1S/C12H24N2O2/c1-9(2)14(3)10-6-5-7-12(13,8-10)11(15)16-4/h9-10H,5-8,13H2,1-4H3. The predicted molar refractivity (Wildman–Crippen MR) is 64.1 cm³/mol. The minimum atomic E-state index is -0.777. The molecule has 0 aromatic carbocycles. The molecule has 1 aliphatic rings. The van der Waals surface area contributed by atoms with Crippen molar-refractivity contribution in [2.75, 3.05) is 14.2 Å². The molecule has 2 N–H and O–H groups in total. The van der Waals surface area contributed by atoms with Gasteiger partial charge in [0.15, 0.2) is 0 Å². The number of esters is 1. The molecule has 2 unspecified atom stereocenters. The quantitative estimate of drug-likeness (QED) is 0.736. The molecule has 4 heteroatoms. The van der Waals surface area contributed by atoms with Gasteiger partial charge in [-0.3, -0.25) is 4.79 Å². The Morgan fingerprint density at radius 1 is 1.56 bits per heavy atom. The first-order valence-corrected chi connectivity index (χ1v) is 6.00. The normalized spacial score (nSPS) is 30.8. The molecule has 0 amide bonds. The van der Waals surface area contributed by atoms with Gasteiger partial charge in [-0.05, 0) is 46.6 Å². The van der Waals surface area contributed by atoms with Crippen LogP contribution in [0.3, 0.4) is 0 Å². The fourth-order valence-corrected chi connectivity index (χ4v) is 2.44. The molecule has 4 nitrogen and oxygen atoms in total. The first kappa shape index (κ1) is 13.5. The van der Waals surface area contributed by atoms with E-state index in [1.54, 1.807) is 0 Å². The summed E-state index contributed by atoms with van der Waals surface area (Å²) in [4.78, 5) is 14.0. The van der Waals surface area contributed by atoms with Crippen molar-refractivity contribution >= 4 is 5.97 Å². The van der Waals surface area contributed by atoms with Crippen LogP contribution in [-0.2, 0) is 9.53 Å². The Bertz CT molecular complexity index is 255. The molecule has 16 heavy (non-hydrogen) atoms. The van der Waals surface area contributed by atoms with E-state index in [0.717, 1.165) is 19.3 Å². The van der Waals surface area contributed by atoms with Gasteiger partial charge in [0.1, 0.15) is 5.54 Å². The molecular formula is C12H24N2O2. The molecule has 0 bridgehead atoms. The summed E-state index contributed by atoms with van der Waals surface area (Å²) in [5.74, 6) is -0.269. The van der Waals surface area contributed by atoms with Crippen molar-refractivity contribution in [3.63, 3.8) is 0 Å². The highest BCUT2D eigenvalue weighted by molar-refractivity contribution is 5.80. The number of hydrogen-bond acceptors (Lipinski definition) is 4. The second kappa shape index (κ2) is 5.15. The largest absolute Gasteiger partial charge is 0.468 e. The van der Waals surface area contributed by atoms with Gasteiger partial charge in [-0.25, -0.2) is 0 Å². The van der Waals surface area contributed by atoms with Gasteiger partial charge in [-0.15, -0.1) is 0 Å². The summed E-state index contributed by atoms with van der Waals surface area (Å²) in [6, 6.07) is 0.864. The highest BCUT2D eigenvalue weighted by atomic mass is 16.5. The Kier molecular flexibility index (Phi) is 4.33. The topological polar surface area (TPSA) is 55.6 Å². The maximum Gasteiger partial charge on any atom is 0.325 e.